The molecule has 0 aliphatic heterocycles. The SMILES string of the molecule is CCN(C(C)COC)S(=O)(=O)c1cc(CO)cc(Br)c1C. The Morgan fingerprint density at radius 1 is 1.43 bits per heavy atom. The van der Waals surface area contributed by atoms with Gasteiger partial charge in [-0.05, 0) is 37.1 Å². The number of hydrogen-bond acceptors (Lipinski definition) is 4. The summed E-state index contributed by atoms with van der Waals surface area (Å²) in [5, 5.41) is 9.28. The summed E-state index contributed by atoms with van der Waals surface area (Å²) >= 11 is 3.35. The van der Waals surface area contributed by atoms with Gasteiger partial charge in [0.25, 0.3) is 0 Å². The van der Waals surface area contributed by atoms with E-state index in [9.17, 15) is 13.5 Å². The second-order valence-electron chi connectivity index (χ2n) is 4.87. The van der Waals surface area contributed by atoms with Gasteiger partial charge in [0.05, 0.1) is 18.1 Å². The standard InChI is InChI=1S/C14H22BrNO4S/c1-5-16(10(2)9-20-4)21(18,19)14-7-12(8-17)6-13(15)11(14)3/h6-7,10,17H,5,8-9H2,1-4H3. The van der Waals surface area contributed by atoms with Crippen molar-refractivity contribution < 1.29 is 18.3 Å². The Morgan fingerprint density at radius 2 is 2.05 bits per heavy atom. The molecule has 120 valence electrons. The van der Waals surface area contributed by atoms with Crippen molar-refractivity contribution in [2.75, 3.05) is 20.3 Å². The topological polar surface area (TPSA) is 66.8 Å². The van der Waals surface area contributed by atoms with Crippen molar-refractivity contribution in [1.29, 1.82) is 0 Å². The van der Waals surface area contributed by atoms with Crippen molar-refractivity contribution in [3.63, 3.8) is 0 Å². The molecule has 7 heteroatoms. The van der Waals surface area contributed by atoms with Gasteiger partial charge >= 0.3 is 0 Å². The largest absolute Gasteiger partial charge is 0.392 e. The van der Waals surface area contributed by atoms with Gasteiger partial charge in [0.2, 0.25) is 10.0 Å². The van der Waals surface area contributed by atoms with Crippen LogP contribution in [0, 0.1) is 6.92 Å². The summed E-state index contributed by atoms with van der Waals surface area (Å²) in [6.07, 6.45) is 0. The van der Waals surface area contributed by atoms with Gasteiger partial charge in [-0.1, -0.05) is 22.9 Å². The van der Waals surface area contributed by atoms with Gasteiger partial charge in [-0.2, -0.15) is 4.31 Å². The van der Waals surface area contributed by atoms with E-state index in [4.69, 9.17) is 4.74 Å². The fourth-order valence-electron chi connectivity index (χ4n) is 2.24. The van der Waals surface area contributed by atoms with Crippen molar-refractivity contribution in [1.82, 2.24) is 4.31 Å². The van der Waals surface area contributed by atoms with Gasteiger partial charge in [-0.25, -0.2) is 8.42 Å². The van der Waals surface area contributed by atoms with E-state index < -0.39 is 10.0 Å². The first kappa shape index (κ1) is 18.6. The van der Waals surface area contributed by atoms with Crippen LogP contribution in [0.25, 0.3) is 0 Å². The Hall–Kier alpha value is -0.470. The monoisotopic (exact) mass is 379 g/mol. The van der Waals surface area contributed by atoms with Crippen LogP contribution in [0.5, 0.6) is 0 Å². The predicted molar refractivity (Wildman–Crippen MR) is 85.7 cm³/mol. The van der Waals surface area contributed by atoms with Crippen LogP contribution in [0.4, 0.5) is 0 Å². The average Bonchev–Trinajstić information content (AvgIpc) is 2.42. The molecule has 0 saturated heterocycles. The third-order valence-corrected chi connectivity index (χ3v) is 6.38. The summed E-state index contributed by atoms with van der Waals surface area (Å²) in [5.41, 5.74) is 1.19. The summed E-state index contributed by atoms with van der Waals surface area (Å²) in [4.78, 5) is 0.214. The molecule has 0 saturated carbocycles. The lowest BCUT2D eigenvalue weighted by molar-refractivity contribution is 0.142. The molecule has 0 heterocycles. The fraction of sp³-hybridized carbons (Fsp3) is 0.571. The number of nitrogens with zero attached hydrogens (tertiary/aromatic N) is 1. The lowest BCUT2D eigenvalue weighted by atomic mass is 10.2. The molecule has 0 aliphatic carbocycles. The molecule has 1 N–H and O–H groups in total. The molecular formula is C14H22BrNO4S. The average molecular weight is 380 g/mol. The highest BCUT2D eigenvalue weighted by atomic mass is 79.9. The normalized spacial score (nSPS) is 13.7. The summed E-state index contributed by atoms with van der Waals surface area (Å²) in [5.74, 6) is 0. The van der Waals surface area contributed by atoms with E-state index in [0.29, 0.717) is 28.8 Å². The van der Waals surface area contributed by atoms with E-state index in [1.54, 1.807) is 27.0 Å². The number of rotatable bonds is 7. The molecule has 0 bridgehead atoms. The van der Waals surface area contributed by atoms with Crippen LogP contribution in [0.3, 0.4) is 0 Å². The number of sulfonamides is 1. The highest BCUT2D eigenvalue weighted by molar-refractivity contribution is 9.10. The van der Waals surface area contributed by atoms with Crippen molar-refractivity contribution in [2.45, 2.75) is 38.3 Å². The maximum Gasteiger partial charge on any atom is 0.243 e. The van der Waals surface area contributed by atoms with E-state index in [1.807, 2.05) is 6.92 Å². The third kappa shape index (κ3) is 4.04. The highest BCUT2D eigenvalue weighted by Crippen LogP contribution is 2.29. The van der Waals surface area contributed by atoms with E-state index in [-0.39, 0.29) is 17.5 Å². The fourth-order valence-corrected chi connectivity index (χ4v) is 4.80. The van der Waals surface area contributed by atoms with Gasteiger partial charge in [0.1, 0.15) is 0 Å². The molecule has 5 nitrogen and oxygen atoms in total. The zero-order valence-corrected chi connectivity index (χ0v) is 15.2. The number of benzene rings is 1. The van der Waals surface area contributed by atoms with Crippen molar-refractivity contribution in [2.24, 2.45) is 0 Å². The molecule has 21 heavy (non-hydrogen) atoms. The van der Waals surface area contributed by atoms with Crippen LogP contribution in [0.1, 0.15) is 25.0 Å². The van der Waals surface area contributed by atoms with E-state index in [0.717, 1.165) is 0 Å². The van der Waals surface area contributed by atoms with Crippen LogP contribution in [0.2, 0.25) is 0 Å². The van der Waals surface area contributed by atoms with Crippen molar-refractivity contribution >= 4 is 26.0 Å². The Balaban J connectivity index is 3.38. The molecule has 1 aromatic carbocycles. The maximum absolute atomic E-state index is 12.9. The molecule has 0 fully saturated rings. The number of aliphatic hydroxyl groups excluding tert-OH is 1. The van der Waals surface area contributed by atoms with Gasteiger partial charge < -0.3 is 9.84 Å². The first-order chi connectivity index (χ1) is 9.79. The molecule has 1 rings (SSSR count). The molecule has 1 unspecified atom stereocenters. The lowest BCUT2D eigenvalue weighted by Gasteiger charge is -2.27. The van der Waals surface area contributed by atoms with Crippen molar-refractivity contribution in [3.05, 3.63) is 27.7 Å². The number of likely N-dealkylation sites (N-methyl/N-ethyl adjacent to an activating group) is 1. The minimum absolute atomic E-state index is 0.207. The van der Waals surface area contributed by atoms with Crippen LogP contribution < -0.4 is 0 Å². The van der Waals surface area contributed by atoms with Crippen LogP contribution in [-0.2, 0) is 21.4 Å². The molecule has 1 aromatic rings. The minimum atomic E-state index is -3.65. The molecule has 0 amide bonds. The Kier molecular flexibility index (Phi) is 6.80. The zero-order valence-electron chi connectivity index (χ0n) is 12.8. The molecule has 0 spiro atoms. The Labute approximate surface area is 135 Å². The molecular weight excluding hydrogens is 358 g/mol. The first-order valence-electron chi connectivity index (χ1n) is 6.70. The summed E-state index contributed by atoms with van der Waals surface area (Å²) in [6.45, 7) is 5.82. The molecule has 0 aliphatic rings. The molecule has 1 atom stereocenters. The van der Waals surface area contributed by atoms with E-state index >= 15 is 0 Å². The van der Waals surface area contributed by atoms with Gasteiger partial charge in [-0.3, -0.25) is 0 Å². The highest BCUT2D eigenvalue weighted by Gasteiger charge is 2.29. The minimum Gasteiger partial charge on any atom is -0.392 e. The zero-order chi connectivity index (χ0) is 16.2. The van der Waals surface area contributed by atoms with Crippen molar-refractivity contribution in [3.8, 4) is 0 Å². The van der Waals surface area contributed by atoms with Gasteiger partial charge in [-0.15, -0.1) is 0 Å². The van der Waals surface area contributed by atoms with E-state index in [2.05, 4.69) is 15.9 Å². The van der Waals surface area contributed by atoms with Gasteiger partial charge in [0.15, 0.2) is 0 Å². The quantitative estimate of drug-likeness (QED) is 0.788. The smallest absolute Gasteiger partial charge is 0.243 e. The number of hydrogen-bond donors (Lipinski definition) is 1. The lowest BCUT2D eigenvalue weighted by Crippen LogP contribution is -2.41. The number of halogens is 1. The van der Waals surface area contributed by atoms with Crippen LogP contribution in [-0.4, -0.2) is 44.1 Å². The summed E-state index contributed by atoms with van der Waals surface area (Å²) in [6, 6.07) is 2.99. The predicted octanol–water partition coefficient (Wildman–Crippen LogP) is 2.30. The van der Waals surface area contributed by atoms with Crippen LogP contribution in [0.15, 0.2) is 21.5 Å². The number of ether oxygens (including phenoxy) is 1. The van der Waals surface area contributed by atoms with Gasteiger partial charge in [0, 0.05) is 24.2 Å². The third-order valence-electron chi connectivity index (χ3n) is 3.34. The molecule has 0 aromatic heterocycles. The van der Waals surface area contributed by atoms with Crippen LogP contribution >= 0.6 is 15.9 Å². The number of aliphatic hydroxyl groups is 1. The van der Waals surface area contributed by atoms with E-state index in [1.165, 1.54) is 10.4 Å². The molecule has 0 radical (unpaired) electrons. The second kappa shape index (κ2) is 7.69. The Bertz CT molecular complexity index is 589. The number of methoxy groups -OCH3 is 1. The second-order valence-corrected chi connectivity index (χ2v) is 7.58. The summed E-state index contributed by atoms with van der Waals surface area (Å²) in [7, 11) is -2.10. The maximum atomic E-state index is 12.9. The first-order valence-corrected chi connectivity index (χ1v) is 8.93. The Morgan fingerprint density at radius 3 is 2.52 bits per heavy atom. The summed E-state index contributed by atoms with van der Waals surface area (Å²) < 4.78 is 32.9.